The minimum atomic E-state index is -0.890. The fraction of sp³-hybridized carbons (Fsp3) is 0.308. The number of pyridine rings is 1. The van der Waals surface area contributed by atoms with Crippen molar-refractivity contribution in [1.82, 2.24) is 10.3 Å². The molecule has 0 radical (unpaired) electrons. The summed E-state index contributed by atoms with van der Waals surface area (Å²) >= 11 is 0. The van der Waals surface area contributed by atoms with E-state index in [2.05, 4.69) is 32.2 Å². The maximum absolute atomic E-state index is 13.3. The zero-order valence-electron chi connectivity index (χ0n) is 18.7. The van der Waals surface area contributed by atoms with Gasteiger partial charge in [-0.15, -0.1) is 0 Å². The molecule has 0 bridgehead atoms. The number of piperazine rings is 1. The van der Waals surface area contributed by atoms with Gasteiger partial charge < -0.3 is 15.1 Å². The van der Waals surface area contributed by atoms with Gasteiger partial charge in [0.25, 0.3) is 0 Å². The van der Waals surface area contributed by atoms with Crippen molar-refractivity contribution >= 4 is 17.4 Å². The van der Waals surface area contributed by atoms with Gasteiger partial charge in [-0.25, -0.2) is 13.8 Å². The lowest BCUT2D eigenvalue weighted by Gasteiger charge is -2.37. The fourth-order valence-electron chi connectivity index (χ4n) is 4.08. The predicted octanol–water partition coefficient (Wildman–Crippen LogP) is 4.50. The van der Waals surface area contributed by atoms with Gasteiger partial charge in [0.05, 0.1) is 6.04 Å². The lowest BCUT2D eigenvalue weighted by molar-refractivity contribution is -0.121. The summed E-state index contributed by atoms with van der Waals surface area (Å²) in [4.78, 5) is 21.5. The van der Waals surface area contributed by atoms with Crippen molar-refractivity contribution in [1.29, 1.82) is 0 Å². The first-order valence-corrected chi connectivity index (χ1v) is 11.2. The highest BCUT2D eigenvalue weighted by atomic mass is 19.2. The van der Waals surface area contributed by atoms with Crippen molar-refractivity contribution in [3.63, 3.8) is 0 Å². The number of rotatable bonds is 7. The molecule has 1 unspecified atom stereocenters. The van der Waals surface area contributed by atoms with Crippen LogP contribution in [0.25, 0.3) is 0 Å². The highest BCUT2D eigenvalue weighted by molar-refractivity contribution is 5.76. The van der Waals surface area contributed by atoms with Gasteiger partial charge in [0.15, 0.2) is 11.6 Å². The third-order valence-electron chi connectivity index (χ3n) is 5.99. The Balaban J connectivity index is 1.30. The topological polar surface area (TPSA) is 48.5 Å². The van der Waals surface area contributed by atoms with Crippen molar-refractivity contribution in [2.45, 2.75) is 25.8 Å². The van der Waals surface area contributed by atoms with Gasteiger partial charge in [-0.1, -0.05) is 24.3 Å². The highest BCUT2D eigenvalue weighted by Crippen LogP contribution is 2.23. The smallest absolute Gasteiger partial charge is 0.220 e. The van der Waals surface area contributed by atoms with Crippen LogP contribution < -0.4 is 15.1 Å². The molecule has 5 nitrogen and oxygen atoms in total. The van der Waals surface area contributed by atoms with Gasteiger partial charge in [0, 0.05) is 44.5 Å². The number of benzene rings is 2. The molecular weight excluding hydrogens is 422 g/mol. The molecule has 1 atom stereocenters. The van der Waals surface area contributed by atoms with E-state index >= 15 is 0 Å². The lowest BCUT2D eigenvalue weighted by atomic mass is 10.1. The van der Waals surface area contributed by atoms with Crippen molar-refractivity contribution < 1.29 is 13.6 Å². The Labute approximate surface area is 193 Å². The normalized spacial score (nSPS) is 14.8. The SMILES string of the molecule is CC(NC(=O)CCc1ccc(F)c(F)c1)c1cccc(N2CCN(c3ccccn3)CC2)c1. The largest absolute Gasteiger partial charge is 0.368 e. The number of amides is 1. The van der Waals surface area contributed by atoms with Crippen LogP contribution in [0.2, 0.25) is 0 Å². The summed E-state index contributed by atoms with van der Waals surface area (Å²) in [5, 5.41) is 3.01. The second-order valence-electron chi connectivity index (χ2n) is 8.29. The number of halogens is 2. The second-order valence-corrected chi connectivity index (χ2v) is 8.29. The molecule has 2 heterocycles. The molecule has 7 heteroatoms. The summed E-state index contributed by atoms with van der Waals surface area (Å²) in [5.41, 5.74) is 2.76. The third kappa shape index (κ3) is 5.86. The first kappa shape index (κ1) is 22.7. The van der Waals surface area contributed by atoms with Crippen LogP contribution >= 0.6 is 0 Å². The monoisotopic (exact) mass is 450 g/mol. The highest BCUT2D eigenvalue weighted by Gasteiger charge is 2.19. The lowest BCUT2D eigenvalue weighted by Crippen LogP contribution is -2.46. The van der Waals surface area contributed by atoms with E-state index in [1.54, 1.807) is 0 Å². The van der Waals surface area contributed by atoms with Crippen LogP contribution in [0.5, 0.6) is 0 Å². The Hall–Kier alpha value is -3.48. The fourth-order valence-corrected chi connectivity index (χ4v) is 4.08. The second kappa shape index (κ2) is 10.4. The molecule has 172 valence electrons. The molecule has 4 rings (SSSR count). The number of hydrogen-bond acceptors (Lipinski definition) is 4. The van der Waals surface area contributed by atoms with Gasteiger partial charge in [0.2, 0.25) is 5.91 Å². The van der Waals surface area contributed by atoms with Crippen molar-refractivity contribution in [2.24, 2.45) is 0 Å². The number of aromatic nitrogens is 1. The molecule has 2 aromatic carbocycles. The van der Waals surface area contributed by atoms with E-state index in [-0.39, 0.29) is 18.4 Å². The zero-order chi connectivity index (χ0) is 23.2. The Morgan fingerprint density at radius 2 is 1.76 bits per heavy atom. The molecule has 1 aromatic heterocycles. The number of nitrogens with zero attached hydrogens (tertiary/aromatic N) is 3. The maximum atomic E-state index is 13.3. The van der Waals surface area contributed by atoms with E-state index in [0.717, 1.165) is 55.4 Å². The molecule has 1 saturated heterocycles. The average molecular weight is 451 g/mol. The van der Waals surface area contributed by atoms with Crippen molar-refractivity contribution in [3.05, 3.63) is 89.6 Å². The minimum absolute atomic E-state index is 0.124. The Kier molecular flexibility index (Phi) is 7.17. The van der Waals surface area contributed by atoms with Gasteiger partial charge in [-0.05, 0) is 60.9 Å². The number of anilines is 2. The molecule has 1 fully saturated rings. The standard InChI is InChI=1S/C26H28F2N4O/c1-19(30-26(33)11-9-20-8-10-23(27)24(28)17-20)21-5-4-6-22(18-21)31-13-15-32(16-14-31)25-7-2-3-12-29-25/h2-8,10,12,17-19H,9,11,13-16H2,1H3,(H,30,33). The molecule has 0 saturated carbocycles. The number of carbonyl (C=O) groups excluding carboxylic acids is 1. The summed E-state index contributed by atoms with van der Waals surface area (Å²) in [7, 11) is 0. The molecule has 1 aliphatic heterocycles. The van der Waals surface area contributed by atoms with Gasteiger partial charge in [-0.3, -0.25) is 4.79 Å². The minimum Gasteiger partial charge on any atom is -0.368 e. The molecule has 0 spiro atoms. The number of nitrogens with one attached hydrogen (secondary N) is 1. The maximum Gasteiger partial charge on any atom is 0.220 e. The molecule has 1 amide bonds. The molecule has 1 aliphatic rings. The Morgan fingerprint density at radius 3 is 2.48 bits per heavy atom. The average Bonchev–Trinajstić information content (AvgIpc) is 2.85. The van der Waals surface area contributed by atoms with Crippen LogP contribution in [-0.4, -0.2) is 37.1 Å². The van der Waals surface area contributed by atoms with E-state index in [0.29, 0.717) is 12.0 Å². The predicted molar refractivity (Wildman–Crippen MR) is 126 cm³/mol. The first-order chi connectivity index (χ1) is 16.0. The summed E-state index contributed by atoms with van der Waals surface area (Å²) < 4.78 is 26.4. The van der Waals surface area contributed by atoms with Crippen LogP contribution in [-0.2, 0) is 11.2 Å². The van der Waals surface area contributed by atoms with E-state index in [9.17, 15) is 13.6 Å². The molecule has 3 aromatic rings. The van der Waals surface area contributed by atoms with E-state index < -0.39 is 11.6 Å². The van der Waals surface area contributed by atoms with Gasteiger partial charge >= 0.3 is 0 Å². The molecule has 1 N–H and O–H groups in total. The van der Waals surface area contributed by atoms with Crippen molar-refractivity contribution in [3.8, 4) is 0 Å². The van der Waals surface area contributed by atoms with Gasteiger partial charge in [0.1, 0.15) is 5.82 Å². The zero-order valence-corrected chi connectivity index (χ0v) is 18.7. The quantitative estimate of drug-likeness (QED) is 0.576. The van der Waals surface area contributed by atoms with Crippen LogP contribution in [0.4, 0.5) is 20.3 Å². The van der Waals surface area contributed by atoms with Crippen LogP contribution in [0.1, 0.15) is 30.5 Å². The van der Waals surface area contributed by atoms with E-state index in [1.807, 2.05) is 43.5 Å². The first-order valence-electron chi connectivity index (χ1n) is 11.2. The van der Waals surface area contributed by atoms with Crippen LogP contribution in [0, 0.1) is 11.6 Å². The number of carbonyl (C=O) groups is 1. The van der Waals surface area contributed by atoms with E-state index in [1.165, 1.54) is 6.07 Å². The van der Waals surface area contributed by atoms with Crippen molar-refractivity contribution in [2.75, 3.05) is 36.0 Å². The number of hydrogen-bond donors (Lipinski definition) is 1. The molecule has 0 aliphatic carbocycles. The van der Waals surface area contributed by atoms with E-state index in [4.69, 9.17) is 0 Å². The number of aryl methyl sites for hydroxylation is 1. The van der Waals surface area contributed by atoms with Crippen LogP contribution in [0.3, 0.4) is 0 Å². The molecular formula is C26H28F2N4O. The molecule has 33 heavy (non-hydrogen) atoms. The Morgan fingerprint density at radius 1 is 0.970 bits per heavy atom. The van der Waals surface area contributed by atoms with Crippen LogP contribution in [0.15, 0.2) is 66.9 Å². The summed E-state index contributed by atoms with van der Waals surface area (Å²) in [5.74, 6) is -0.888. The third-order valence-corrected chi connectivity index (χ3v) is 5.99. The summed E-state index contributed by atoms with van der Waals surface area (Å²) in [6.07, 6.45) is 2.39. The van der Waals surface area contributed by atoms with Gasteiger partial charge in [-0.2, -0.15) is 0 Å². The summed E-state index contributed by atoms with van der Waals surface area (Å²) in [6, 6.07) is 17.8. The summed E-state index contributed by atoms with van der Waals surface area (Å²) in [6.45, 7) is 5.55. The Bertz CT molecular complexity index is 1080.